The fourth-order valence-corrected chi connectivity index (χ4v) is 3.04. The van der Waals surface area contributed by atoms with Crippen LogP contribution >= 0.6 is 0 Å². The largest absolute Gasteiger partial charge is 0.436 e. The van der Waals surface area contributed by atoms with Crippen LogP contribution < -0.4 is 10.6 Å². The molecule has 140 valence electrons. The summed E-state index contributed by atoms with van der Waals surface area (Å²) in [6.07, 6.45) is 0. The molecule has 0 saturated carbocycles. The second kappa shape index (κ2) is 8.20. The van der Waals surface area contributed by atoms with Gasteiger partial charge in [0.15, 0.2) is 5.58 Å². The first kappa shape index (κ1) is 17.5. The van der Waals surface area contributed by atoms with Crippen LogP contribution in [0.5, 0.6) is 0 Å². The third kappa shape index (κ3) is 4.45. The van der Waals surface area contributed by atoms with Crippen LogP contribution in [-0.2, 0) is 4.74 Å². The number of hydrogen-bond donors (Lipinski definition) is 2. The second-order valence-electron chi connectivity index (χ2n) is 6.40. The average molecular weight is 366 g/mol. The van der Waals surface area contributed by atoms with E-state index in [9.17, 15) is 4.79 Å². The Balaban J connectivity index is 1.35. The molecule has 1 aromatic heterocycles. The van der Waals surface area contributed by atoms with E-state index >= 15 is 0 Å². The Labute approximate surface area is 157 Å². The Morgan fingerprint density at radius 2 is 1.93 bits per heavy atom. The maximum absolute atomic E-state index is 12.1. The smallest absolute Gasteiger partial charge is 0.319 e. The van der Waals surface area contributed by atoms with Gasteiger partial charge in [0, 0.05) is 37.4 Å². The molecule has 1 aliphatic heterocycles. The zero-order valence-corrected chi connectivity index (χ0v) is 15.0. The van der Waals surface area contributed by atoms with Crippen molar-refractivity contribution in [3.8, 4) is 11.5 Å². The minimum atomic E-state index is -0.227. The number of urea groups is 1. The van der Waals surface area contributed by atoms with Crippen molar-refractivity contribution in [2.45, 2.75) is 0 Å². The molecule has 0 aliphatic carbocycles. The van der Waals surface area contributed by atoms with E-state index in [-0.39, 0.29) is 6.03 Å². The molecule has 7 nitrogen and oxygen atoms in total. The Hall–Kier alpha value is -2.90. The molecule has 4 rings (SSSR count). The molecule has 7 heteroatoms. The lowest BCUT2D eigenvalue weighted by Gasteiger charge is -2.26. The van der Waals surface area contributed by atoms with Gasteiger partial charge in [0.1, 0.15) is 5.52 Å². The lowest BCUT2D eigenvalue weighted by molar-refractivity contribution is 0.0388. The molecule has 0 radical (unpaired) electrons. The number of ether oxygens (including phenoxy) is 1. The normalized spacial score (nSPS) is 15.0. The molecular weight excluding hydrogens is 344 g/mol. The molecule has 0 bridgehead atoms. The molecule has 2 N–H and O–H groups in total. The van der Waals surface area contributed by atoms with Gasteiger partial charge in [0.05, 0.1) is 13.2 Å². The Morgan fingerprint density at radius 1 is 1.11 bits per heavy atom. The van der Waals surface area contributed by atoms with E-state index in [2.05, 4.69) is 20.5 Å². The maximum Gasteiger partial charge on any atom is 0.319 e. The summed E-state index contributed by atoms with van der Waals surface area (Å²) in [4.78, 5) is 18.9. The van der Waals surface area contributed by atoms with E-state index in [1.807, 2.05) is 48.5 Å². The van der Waals surface area contributed by atoms with Crippen molar-refractivity contribution in [2.75, 3.05) is 44.7 Å². The summed E-state index contributed by atoms with van der Waals surface area (Å²) in [6, 6.07) is 14.9. The van der Waals surface area contributed by atoms with Gasteiger partial charge in [-0.1, -0.05) is 18.2 Å². The van der Waals surface area contributed by atoms with Crippen molar-refractivity contribution in [1.29, 1.82) is 0 Å². The predicted octanol–water partition coefficient (Wildman–Crippen LogP) is 2.95. The van der Waals surface area contributed by atoms with E-state index in [0.717, 1.165) is 38.4 Å². The molecule has 2 amide bonds. The van der Waals surface area contributed by atoms with Gasteiger partial charge >= 0.3 is 6.03 Å². The van der Waals surface area contributed by atoms with Gasteiger partial charge in [0.2, 0.25) is 5.89 Å². The third-order valence-electron chi connectivity index (χ3n) is 4.48. The van der Waals surface area contributed by atoms with Gasteiger partial charge in [-0.15, -0.1) is 0 Å². The van der Waals surface area contributed by atoms with Gasteiger partial charge < -0.3 is 19.8 Å². The van der Waals surface area contributed by atoms with E-state index < -0.39 is 0 Å². The van der Waals surface area contributed by atoms with Crippen molar-refractivity contribution < 1.29 is 13.9 Å². The molecular formula is C20H22N4O3. The summed E-state index contributed by atoms with van der Waals surface area (Å²) < 4.78 is 11.1. The van der Waals surface area contributed by atoms with E-state index in [0.29, 0.717) is 29.2 Å². The number of aromatic nitrogens is 1. The van der Waals surface area contributed by atoms with E-state index in [1.165, 1.54) is 0 Å². The van der Waals surface area contributed by atoms with Crippen molar-refractivity contribution in [3.63, 3.8) is 0 Å². The van der Waals surface area contributed by atoms with Crippen LogP contribution in [0.2, 0.25) is 0 Å². The highest BCUT2D eigenvalue weighted by Gasteiger charge is 2.11. The third-order valence-corrected chi connectivity index (χ3v) is 4.48. The fraction of sp³-hybridized carbons (Fsp3) is 0.300. The molecule has 1 aliphatic rings. The highest BCUT2D eigenvalue weighted by Crippen LogP contribution is 2.25. The molecule has 0 atom stereocenters. The number of anilines is 1. The summed E-state index contributed by atoms with van der Waals surface area (Å²) in [6.45, 7) is 4.76. The highest BCUT2D eigenvalue weighted by molar-refractivity contribution is 5.91. The van der Waals surface area contributed by atoms with Crippen LogP contribution in [0, 0.1) is 0 Å². The van der Waals surface area contributed by atoms with Crippen LogP contribution in [0.4, 0.5) is 10.5 Å². The Morgan fingerprint density at radius 3 is 2.74 bits per heavy atom. The number of nitrogens with zero attached hydrogens (tertiary/aromatic N) is 2. The summed E-state index contributed by atoms with van der Waals surface area (Å²) >= 11 is 0. The maximum atomic E-state index is 12.1. The Kier molecular flexibility index (Phi) is 5.32. The zero-order valence-electron chi connectivity index (χ0n) is 15.0. The van der Waals surface area contributed by atoms with E-state index in [1.54, 1.807) is 0 Å². The van der Waals surface area contributed by atoms with Crippen molar-refractivity contribution >= 4 is 22.8 Å². The quantitative estimate of drug-likeness (QED) is 0.726. The molecule has 3 aromatic rings. The Bertz CT molecular complexity index is 904. The molecule has 0 spiro atoms. The average Bonchev–Trinajstić information content (AvgIpc) is 3.13. The van der Waals surface area contributed by atoms with Crippen LogP contribution in [0.25, 0.3) is 22.6 Å². The zero-order chi connectivity index (χ0) is 18.5. The predicted molar refractivity (Wildman–Crippen MR) is 104 cm³/mol. The van der Waals surface area contributed by atoms with Crippen LogP contribution in [0.15, 0.2) is 52.9 Å². The fourth-order valence-electron chi connectivity index (χ4n) is 3.04. The number of carbonyl (C=O) groups excluding carboxylic acids is 1. The first-order chi connectivity index (χ1) is 13.3. The summed E-state index contributed by atoms with van der Waals surface area (Å²) in [5, 5.41) is 5.73. The second-order valence-corrected chi connectivity index (χ2v) is 6.40. The van der Waals surface area contributed by atoms with Gasteiger partial charge in [-0.05, 0) is 30.3 Å². The van der Waals surface area contributed by atoms with E-state index in [4.69, 9.17) is 9.15 Å². The molecule has 27 heavy (non-hydrogen) atoms. The summed E-state index contributed by atoms with van der Waals surface area (Å²) in [5.74, 6) is 0.567. The lowest BCUT2D eigenvalue weighted by atomic mass is 10.2. The summed E-state index contributed by atoms with van der Waals surface area (Å²) in [7, 11) is 0. The van der Waals surface area contributed by atoms with Gasteiger partial charge in [-0.3, -0.25) is 4.90 Å². The highest BCUT2D eigenvalue weighted by atomic mass is 16.5. The number of oxazole rings is 1. The number of morpholine rings is 1. The van der Waals surface area contributed by atoms with Crippen LogP contribution in [0.1, 0.15) is 0 Å². The number of fused-ring (bicyclic) bond motifs is 1. The number of amides is 2. The molecule has 2 heterocycles. The van der Waals surface area contributed by atoms with Gasteiger partial charge in [0.25, 0.3) is 0 Å². The topological polar surface area (TPSA) is 79.6 Å². The minimum absolute atomic E-state index is 0.227. The van der Waals surface area contributed by atoms with Crippen molar-refractivity contribution in [2.24, 2.45) is 0 Å². The number of rotatable bonds is 5. The number of hydrogen-bond acceptors (Lipinski definition) is 5. The standard InChI is InChI=1S/C20H22N4O3/c25-20(21-8-9-24-10-12-26-13-11-24)22-16-6-7-18-17(14-16)23-19(27-18)15-4-2-1-3-5-15/h1-7,14H,8-13H2,(H2,21,22,25). The molecule has 1 saturated heterocycles. The molecule has 0 unspecified atom stereocenters. The number of benzene rings is 2. The van der Waals surface area contributed by atoms with Gasteiger partial charge in [-0.2, -0.15) is 0 Å². The summed E-state index contributed by atoms with van der Waals surface area (Å²) in [5.41, 5.74) is 3.00. The lowest BCUT2D eigenvalue weighted by Crippen LogP contribution is -2.42. The van der Waals surface area contributed by atoms with Crippen LogP contribution in [-0.4, -0.2) is 55.3 Å². The van der Waals surface area contributed by atoms with Crippen molar-refractivity contribution in [1.82, 2.24) is 15.2 Å². The molecule has 1 fully saturated rings. The minimum Gasteiger partial charge on any atom is -0.436 e. The SMILES string of the molecule is O=C(NCCN1CCOCC1)Nc1ccc2oc(-c3ccccc3)nc2c1. The van der Waals surface area contributed by atoms with Crippen LogP contribution in [0.3, 0.4) is 0 Å². The monoisotopic (exact) mass is 366 g/mol. The first-order valence-electron chi connectivity index (χ1n) is 9.09. The molecule has 2 aromatic carbocycles. The van der Waals surface area contributed by atoms with Gasteiger partial charge in [-0.25, -0.2) is 9.78 Å². The number of carbonyl (C=O) groups is 1. The first-order valence-corrected chi connectivity index (χ1v) is 9.09. The number of nitrogens with one attached hydrogen (secondary N) is 2. The van der Waals surface area contributed by atoms with Crippen molar-refractivity contribution in [3.05, 3.63) is 48.5 Å².